The Morgan fingerprint density at radius 2 is 1.79 bits per heavy atom. The summed E-state index contributed by atoms with van der Waals surface area (Å²) in [7, 11) is 0. The van der Waals surface area contributed by atoms with Crippen LogP contribution in [0.5, 0.6) is 0 Å². The molecule has 0 spiro atoms. The fourth-order valence-corrected chi connectivity index (χ4v) is 1.34. The van der Waals surface area contributed by atoms with Crippen molar-refractivity contribution < 1.29 is 0 Å². The third-order valence-electron chi connectivity index (χ3n) is 1.82. The van der Waals surface area contributed by atoms with Crippen LogP contribution >= 0.6 is 0 Å². The highest BCUT2D eigenvalue weighted by Gasteiger charge is 2.10. The maximum atomic E-state index is 3.48. The van der Waals surface area contributed by atoms with Crippen LogP contribution in [0, 0.1) is 0 Å². The van der Waals surface area contributed by atoms with Gasteiger partial charge in [-0.05, 0) is 39.3 Å². The molecule has 1 rings (SSSR count). The van der Waals surface area contributed by atoms with E-state index in [2.05, 4.69) is 62.5 Å². The Hall–Kier alpha value is -1.24. The molecular weight excluding hydrogens is 170 g/mol. The van der Waals surface area contributed by atoms with E-state index >= 15 is 0 Å². The summed E-state index contributed by atoms with van der Waals surface area (Å²) in [5.74, 6) is 0. The van der Waals surface area contributed by atoms with Crippen LogP contribution in [0.25, 0.3) is 6.08 Å². The summed E-state index contributed by atoms with van der Waals surface area (Å²) in [6.45, 7) is 8.53. The molecule has 1 heteroatoms. The van der Waals surface area contributed by atoms with Crippen molar-refractivity contribution in [3.63, 3.8) is 0 Å². The molecule has 0 heterocycles. The standard InChI is InChI=1S/C13H19N/c1-5-8-11-9-6-7-10-12(11)14-13(2,3)4/h5-10,14H,1-4H3. The zero-order chi connectivity index (χ0) is 10.6. The Labute approximate surface area is 86.8 Å². The zero-order valence-electron chi connectivity index (χ0n) is 9.46. The number of hydrogen-bond donors (Lipinski definition) is 1. The fourth-order valence-electron chi connectivity index (χ4n) is 1.34. The number of hydrogen-bond acceptors (Lipinski definition) is 1. The third-order valence-corrected chi connectivity index (χ3v) is 1.82. The molecule has 0 radical (unpaired) electrons. The van der Waals surface area contributed by atoms with Crippen LogP contribution in [0.4, 0.5) is 5.69 Å². The molecule has 0 aliphatic rings. The molecule has 0 unspecified atom stereocenters. The SMILES string of the molecule is CC=Cc1ccccc1NC(C)(C)C. The van der Waals surface area contributed by atoms with E-state index in [1.54, 1.807) is 0 Å². The monoisotopic (exact) mass is 189 g/mol. The fraction of sp³-hybridized carbons (Fsp3) is 0.385. The molecule has 0 fully saturated rings. The van der Waals surface area contributed by atoms with Gasteiger partial charge in [0.1, 0.15) is 0 Å². The molecule has 1 nitrogen and oxygen atoms in total. The van der Waals surface area contributed by atoms with E-state index in [4.69, 9.17) is 0 Å². The Morgan fingerprint density at radius 3 is 2.36 bits per heavy atom. The quantitative estimate of drug-likeness (QED) is 0.743. The summed E-state index contributed by atoms with van der Waals surface area (Å²) < 4.78 is 0. The van der Waals surface area contributed by atoms with Crippen LogP contribution in [-0.4, -0.2) is 5.54 Å². The molecule has 14 heavy (non-hydrogen) atoms. The molecule has 0 aliphatic carbocycles. The number of para-hydroxylation sites is 1. The predicted molar refractivity (Wildman–Crippen MR) is 64.5 cm³/mol. The van der Waals surface area contributed by atoms with E-state index in [-0.39, 0.29) is 5.54 Å². The van der Waals surface area contributed by atoms with Gasteiger partial charge in [-0.3, -0.25) is 0 Å². The van der Waals surface area contributed by atoms with Crippen molar-refractivity contribution in [2.45, 2.75) is 33.2 Å². The first-order valence-electron chi connectivity index (χ1n) is 5.03. The van der Waals surface area contributed by atoms with Crippen molar-refractivity contribution in [3.8, 4) is 0 Å². The minimum absolute atomic E-state index is 0.109. The second-order valence-corrected chi connectivity index (χ2v) is 4.46. The molecule has 1 N–H and O–H groups in total. The topological polar surface area (TPSA) is 12.0 Å². The van der Waals surface area contributed by atoms with Crippen LogP contribution in [-0.2, 0) is 0 Å². The van der Waals surface area contributed by atoms with Crippen LogP contribution < -0.4 is 5.32 Å². The first-order chi connectivity index (χ1) is 6.53. The number of rotatable bonds is 2. The second kappa shape index (κ2) is 4.32. The highest BCUT2D eigenvalue weighted by molar-refractivity contribution is 5.66. The normalized spacial score (nSPS) is 12.0. The molecular formula is C13H19N. The molecule has 0 amide bonds. The van der Waals surface area contributed by atoms with Gasteiger partial charge in [-0.15, -0.1) is 0 Å². The molecule has 0 atom stereocenters. The van der Waals surface area contributed by atoms with Crippen LogP contribution in [0.1, 0.15) is 33.3 Å². The van der Waals surface area contributed by atoms with Crippen molar-refractivity contribution >= 4 is 11.8 Å². The number of nitrogens with one attached hydrogen (secondary N) is 1. The largest absolute Gasteiger partial charge is 0.380 e. The van der Waals surface area contributed by atoms with Gasteiger partial charge in [0, 0.05) is 11.2 Å². The summed E-state index contributed by atoms with van der Waals surface area (Å²) in [4.78, 5) is 0. The molecule has 0 aliphatic heterocycles. The Balaban J connectivity index is 2.96. The summed E-state index contributed by atoms with van der Waals surface area (Å²) in [6, 6.07) is 8.35. The van der Waals surface area contributed by atoms with Gasteiger partial charge in [0.15, 0.2) is 0 Å². The van der Waals surface area contributed by atoms with Gasteiger partial charge in [-0.2, -0.15) is 0 Å². The van der Waals surface area contributed by atoms with E-state index in [0.717, 1.165) is 0 Å². The molecule has 0 saturated carbocycles. The van der Waals surface area contributed by atoms with Gasteiger partial charge in [0.2, 0.25) is 0 Å². The Bertz CT molecular complexity index is 318. The van der Waals surface area contributed by atoms with Gasteiger partial charge < -0.3 is 5.32 Å². The smallest absolute Gasteiger partial charge is 0.0417 e. The predicted octanol–water partition coefficient (Wildman–Crippen LogP) is 3.93. The van der Waals surface area contributed by atoms with E-state index in [0.29, 0.717) is 0 Å². The molecule has 1 aromatic rings. The van der Waals surface area contributed by atoms with Gasteiger partial charge in [-0.1, -0.05) is 30.4 Å². The minimum Gasteiger partial charge on any atom is -0.380 e. The van der Waals surface area contributed by atoms with E-state index in [1.807, 2.05) is 6.92 Å². The Kier molecular flexibility index (Phi) is 3.34. The highest BCUT2D eigenvalue weighted by Crippen LogP contribution is 2.20. The average Bonchev–Trinajstić information content (AvgIpc) is 2.06. The number of anilines is 1. The van der Waals surface area contributed by atoms with Gasteiger partial charge in [0.25, 0.3) is 0 Å². The van der Waals surface area contributed by atoms with E-state index in [1.165, 1.54) is 11.3 Å². The molecule has 0 bridgehead atoms. The Morgan fingerprint density at radius 1 is 1.14 bits per heavy atom. The van der Waals surface area contributed by atoms with E-state index < -0.39 is 0 Å². The summed E-state index contributed by atoms with van der Waals surface area (Å²) in [6.07, 6.45) is 4.18. The highest BCUT2D eigenvalue weighted by atomic mass is 14.9. The number of allylic oxidation sites excluding steroid dienone is 1. The second-order valence-electron chi connectivity index (χ2n) is 4.46. The summed E-state index contributed by atoms with van der Waals surface area (Å²) in [5, 5.41) is 3.48. The van der Waals surface area contributed by atoms with Crippen molar-refractivity contribution in [1.29, 1.82) is 0 Å². The molecule has 1 aromatic carbocycles. The lowest BCUT2D eigenvalue weighted by Crippen LogP contribution is -2.26. The van der Waals surface area contributed by atoms with Crippen LogP contribution in [0.2, 0.25) is 0 Å². The van der Waals surface area contributed by atoms with Crippen molar-refractivity contribution in [3.05, 3.63) is 35.9 Å². The summed E-state index contributed by atoms with van der Waals surface area (Å²) in [5.41, 5.74) is 2.54. The first kappa shape index (κ1) is 10.8. The van der Waals surface area contributed by atoms with E-state index in [9.17, 15) is 0 Å². The van der Waals surface area contributed by atoms with Crippen molar-refractivity contribution in [1.82, 2.24) is 0 Å². The molecule has 0 saturated heterocycles. The molecule has 76 valence electrons. The van der Waals surface area contributed by atoms with Gasteiger partial charge >= 0.3 is 0 Å². The van der Waals surface area contributed by atoms with Gasteiger partial charge in [-0.25, -0.2) is 0 Å². The maximum absolute atomic E-state index is 3.48. The van der Waals surface area contributed by atoms with Crippen LogP contribution in [0.15, 0.2) is 30.3 Å². The maximum Gasteiger partial charge on any atom is 0.0417 e. The summed E-state index contributed by atoms with van der Waals surface area (Å²) >= 11 is 0. The minimum atomic E-state index is 0.109. The number of benzene rings is 1. The van der Waals surface area contributed by atoms with Crippen molar-refractivity contribution in [2.75, 3.05) is 5.32 Å². The lowest BCUT2D eigenvalue weighted by molar-refractivity contribution is 0.634. The lowest BCUT2D eigenvalue weighted by Gasteiger charge is -2.23. The zero-order valence-corrected chi connectivity index (χ0v) is 9.46. The van der Waals surface area contributed by atoms with Crippen molar-refractivity contribution in [2.24, 2.45) is 0 Å². The average molecular weight is 189 g/mol. The lowest BCUT2D eigenvalue weighted by atomic mass is 10.1. The van der Waals surface area contributed by atoms with Crippen LogP contribution in [0.3, 0.4) is 0 Å². The first-order valence-corrected chi connectivity index (χ1v) is 5.03. The third kappa shape index (κ3) is 3.25. The molecule has 0 aromatic heterocycles. The van der Waals surface area contributed by atoms with Gasteiger partial charge in [0.05, 0.1) is 0 Å².